The molecule has 1 fully saturated rings. The maximum absolute atomic E-state index is 12.6. The highest BCUT2D eigenvalue weighted by Gasteiger charge is 2.35. The first-order valence-corrected chi connectivity index (χ1v) is 8.11. The molecule has 4 nitrogen and oxygen atoms in total. The molecule has 1 aromatic rings. The van der Waals surface area contributed by atoms with E-state index >= 15 is 0 Å². The van der Waals surface area contributed by atoms with E-state index in [1.54, 1.807) is 13.0 Å². The second-order valence-electron chi connectivity index (χ2n) is 5.42. The molecule has 0 aromatic heterocycles. The number of nitrogens with zero attached hydrogens (tertiary/aromatic N) is 1. The molecule has 0 radical (unpaired) electrons. The third-order valence-corrected chi connectivity index (χ3v) is 6.17. The first-order chi connectivity index (χ1) is 8.73. The molecular weight excluding hydrogens is 284 g/mol. The number of anilines is 1. The van der Waals surface area contributed by atoms with E-state index in [0.717, 1.165) is 0 Å². The van der Waals surface area contributed by atoms with Crippen molar-refractivity contribution in [2.24, 2.45) is 11.8 Å². The van der Waals surface area contributed by atoms with Gasteiger partial charge in [0, 0.05) is 13.1 Å². The Labute approximate surface area is 119 Å². The lowest BCUT2D eigenvalue weighted by Gasteiger charge is -2.18. The monoisotopic (exact) mass is 302 g/mol. The minimum atomic E-state index is -3.48. The van der Waals surface area contributed by atoms with Crippen LogP contribution in [0.3, 0.4) is 0 Å². The lowest BCUT2D eigenvalue weighted by atomic mass is 10.0. The van der Waals surface area contributed by atoms with Crippen molar-refractivity contribution in [2.75, 3.05) is 18.8 Å². The van der Waals surface area contributed by atoms with E-state index in [0.29, 0.717) is 41.2 Å². The van der Waals surface area contributed by atoms with E-state index in [1.807, 2.05) is 0 Å². The largest absolute Gasteiger partial charge is 0.397 e. The van der Waals surface area contributed by atoms with Crippen molar-refractivity contribution >= 4 is 27.3 Å². The zero-order valence-corrected chi connectivity index (χ0v) is 12.9. The Morgan fingerprint density at radius 3 is 2.32 bits per heavy atom. The molecule has 0 aliphatic carbocycles. The Morgan fingerprint density at radius 1 is 1.26 bits per heavy atom. The summed E-state index contributed by atoms with van der Waals surface area (Å²) < 4.78 is 26.8. The van der Waals surface area contributed by atoms with Gasteiger partial charge in [0.1, 0.15) is 0 Å². The molecule has 2 rings (SSSR count). The molecule has 19 heavy (non-hydrogen) atoms. The molecule has 2 atom stereocenters. The molecule has 2 N–H and O–H groups in total. The predicted octanol–water partition coefficient (Wildman–Crippen LogP) is 2.51. The lowest BCUT2D eigenvalue weighted by molar-refractivity contribution is 0.463. The van der Waals surface area contributed by atoms with Crippen LogP contribution in [0.5, 0.6) is 0 Å². The number of hydrogen-bond donors (Lipinski definition) is 1. The van der Waals surface area contributed by atoms with Crippen molar-refractivity contribution in [3.05, 3.63) is 22.7 Å². The van der Waals surface area contributed by atoms with Crippen LogP contribution in [0.15, 0.2) is 17.0 Å². The molecule has 0 bridgehead atoms. The Hall–Kier alpha value is -0.780. The molecule has 6 heteroatoms. The summed E-state index contributed by atoms with van der Waals surface area (Å²) in [6.45, 7) is 7.00. The average molecular weight is 303 g/mol. The van der Waals surface area contributed by atoms with Gasteiger partial charge in [0.05, 0.1) is 15.6 Å². The number of rotatable bonds is 2. The number of benzene rings is 1. The van der Waals surface area contributed by atoms with Crippen LogP contribution >= 0.6 is 11.6 Å². The molecule has 1 aliphatic heterocycles. The van der Waals surface area contributed by atoms with Crippen LogP contribution in [0.25, 0.3) is 0 Å². The van der Waals surface area contributed by atoms with Gasteiger partial charge in [-0.3, -0.25) is 0 Å². The summed E-state index contributed by atoms with van der Waals surface area (Å²) in [5, 5.41) is 0.389. The summed E-state index contributed by atoms with van der Waals surface area (Å²) in [5.41, 5.74) is 6.65. The Morgan fingerprint density at radius 2 is 1.79 bits per heavy atom. The molecule has 2 unspecified atom stereocenters. The van der Waals surface area contributed by atoms with E-state index in [4.69, 9.17) is 17.3 Å². The minimum Gasteiger partial charge on any atom is -0.397 e. The number of nitrogen functional groups attached to an aromatic ring is 1. The maximum atomic E-state index is 12.6. The zero-order chi connectivity index (χ0) is 14.4. The van der Waals surface area contributed by atoms with Crippen LogP contribution in [-0.2, 0) is 10.0 Å². The first-order valence-electron chi connectivity index (χ1n) is 6.29. The highest BCUT2D eigenvalue weighted by atomic mass is 35.5. The maximum Gasteiger partial charge on any atom is 0.243 e. The molecule has 0 amide bonds. The van der Waals surface area contributed by atoms with Gasteiger partial charge in [-0.1, -0.05) is 25.4 Å². The smallest absolute Gasteiger partial charge is 0.243 e. The van der Waals surface area contributed by atoms with E-state index in [-0.39, 0.29) is 4.90 Å². The number of aryl methyl sites for hydroxylation is 1. The van der Waals surface area contributed by atoms with Crippen LogP contribution in [0, 0.1) is 18.8 Å². The first kappa shape index (κ1) is 14.6. The van der Waals surface area contributed by atoms with Crippen molar-refractivity contribution in [1.29, 1.82) is 0 Å². The summed E-state index contributed by atoms with van der Waals surface area (Å²) in [6, 6.07) is 3.06. The fourth-order valence-electron chi connectivity index (χ4n) is 2.36. The zero-order valence-electron chi connectivity index (χ0n) is 11.4. The van der Waals surface area contributed by atoms with Crippen LogP contribution in [0.4, 0.5) is 5.69 Å². The number of halogens is 1. The quantitative estimate of drug-likeness (QED) is 0.854. The molecule has 1 aromatic carbocycles. The highest BCUT2D eigenvalue weighted by Crippen LogP contribution is 2.32. The van der Waals surface area contributed by atoms with Crippen molar-refractivity contribution in [2.45, 2.75) is 25.7 Å². The van der Waals surface area contributed by atoms with Crippen LogP contribution in [0.1, 0.15) is 19.4 Å². The summed E-state index contributed by atoms with van der Waals surface area (Å²) >= 11 is 5.91. The van der Waals surface area contributed by atoms with E-state index in [1.165, 1.54) is 10.4 Å². The topological polar surface area (TPSA) is 63.4 Å². The van der Waals surface area contributed by atoms with Crippen LogP contribution < -0.4 is 5.73 Å². The second kappa shape index (κ2) is 4.96. The highest BCUT2D eigenvalue weighted by molar-refractivity contribution is 7.89. The molecule has 1 saturated heterocycles. The molecule has 1 aliphatic rings. The fraction of sp³-hybridized carbons (Fsp3) is 0.538. The summed E-state index contributed by atoms with van der Waals surface area (Å²) in [5.74, 6) is 0.749. The van der Waals surface area contributed by atoms with Crippen molar-refractivity contribution in [3.8, 4) is 0 Å². The van der Waals surface area contributed by atoms with E-state index < -0.39 is 10.0 Å². The van der Waals surface area contributed by atoms with Gasteiger partial charge >= 0.3 is 0 Å². The Balaban J connectivity index is 2.43. The average Bonchev–Trinajstić information content (AvgIpc) is 2.65. The standard InChI is InChI=1S/C13H19ClN2O2S/c1-8-4-11(14)12(15)5-13(8)19(17,18)16-6-9(2)10(3)7-16/h4-5,9-10H,6-7,15H2,1-3H3. The van der Waals surface area contributed by atoms with Gasteiger partial charge in [0.15, 0.2) is 0 Å². The normalized spacial score (nSPS) is 24.8. The van der Waals surface area contributed by atoms with Crippen LogP contribution in [-0.4, -0.2) is 25.8 Å². The Bertz CT molecular complexity index is 591. The summed E-state index contributed by atoms with van der Waals surface area (Å²) in [7, 11) is -3.48. The second-order valence-corrected chi connectivity index (χ2v) is 7.73. The van der Waals surface area contributed by atoms with E-state index in [2.05, 4.69) is 13.8 Å². The number of sulfonamides is 1. The fourth-order valence-corrected chi connectivity index (χ4v) is 4.46. The molecule has 0 spiro atoms. The molecule has 106 valence electrons. The third-order valence-electron chi connectivity index (χ3n) is 3.87. The minimum absolute atomic E-state index is 0.260. The predicted molar refractivity (Wildman–Crippen MR) is 77.7 cm³/mol. The van der Waals surface area contributed by atoms with Crippen molar-refractivity contribution in [1.82, 2.24) is 4.31 Å². The summed E-state index contributed by atoms with van der Waals surface area (Å²) in [6.07, 6.45) is 0. The van der Waals surface area contributed by atoms with Gasteiger partial charge in [0.25, 0.3) is 0 Å². The molecule has 0 saturated carbocycles. The molecule has 1 heterocycles. The van der Waals surface area contributed by atoms with Crippen LogP contribution in [0.2, 0.25) is 5.02 Å². The van der Waals surface area contributed by atoms with Gasteiger partial charge < -0.3 is 5.73 Å². The van der Waals surface area contributed by atoms with Gasteiger partial charge in [-0.05, 0) is 36.5 Å². The Kier molecular flexibility index (Phi) is 3.82. The lowest BCUT2D eigenvalue weighted by Crippen LogP contribution is -2.29. The van der Waals surface area contributed by atoms with Gasteiger partial charge in [0.2, 0.25) is 10.0 Å². The van der Waals surface area contributed by atoms with Gasteiger partial charge in [-0.2, -0.15) is 4.31 Å². The number of nitrogens with two attached hydrogens (primary N) is 1. The SMILES string of the molecule is Cc1cc(Cl)c(N)cc1S(=O)(=O)N1CC(C)C(C)C1. The van der Waals surface area contributed by atoms with Crippen molar-refractivity contribution in [3.63, 3.8) is 0 Å². The van der Waals surface area contributed by atoms with Crippen molar-refractivity contribution < 1.29 is 8.42 Å². The van der Waals surface area contributed by atoms with Gasteiger partial charge in [-0.25, -0.2) is 8.42 Å². The third kappa shape index (κ3) is 2.59. The van der Waals surface area contributed by atoms with Gasteiger partial charge in [-0.15, -0.1) is 0 Å². The summed E-state index contributed by atoms with van der Waals surface area (Å²) in [4.78, 5) is 0.260. The van der Waals surface area contributed by atoms with E-state index in [9.17, 15) is 8.42 Å². The number of hydrogen-bond acceptors (Lipinski definition) is 3. The molecular formula is C13H19ClN2O2S.